The van der Waals surface area contributed by atoms with Gasteiger partial charge in [-0.15, -0.1) is 0 Å². The topological polar surface area (TPSA) is 49.7 Å². The van der Waals surface area contributed by atoms with Crippen LogP contribution in [0, 0.1) is 6.92 Å². The van der Waals surface area contributed by atoms with Gasteiger partial charge < -0.3 is 14.4 Å². The smallest absolute Gasteiger partial charge is 0.107 e. The summed E-state index contributed by atoms with van der Waals surface area (Å²) in [6.45, 7) is 5.23. The number of hydrogen-bond donors (Lipinski definition) is 2. The van der Waals surface area contributed by atoms with E-state index in [0.717, 1.165) is 4.90 Å². The Balaban J connectivity index is 2.33. The second kappa shape index (κ2) is 5.68. The van der Waals surface area contributed by atoms with E-state index in [-0.39, 0.29) is 6.61 Å². The number of aliphatic hydroxyl groups excluding tert-OH is 1. The van der Waals surface area contributed by atoms with Crippen LogP contribution in [0.15, 0.2) is 29.2 Å². The molecular formula is C12H18O3S. The van der Waals surface area contributed by atoms with Crippen molar-refractivity contribution in [2.75, 3.05) is 6.61 Å². The van der Waals surface area contributed by atoms with Crippen LogP contribution in [0.5, 0.6) is 0 Å². The molecule has 4 heteroatoms. The molecule has 0 aliphatic carbocycles. The van der Waals surface area contributed by atoms with E-state index < -0.39 is 11.7 Å². The van der Waals surface area contributed by atoms with Gasteiger partial charge in [0.15, 0.2) is 0 Å². The van der Waals surface area contributed by atoms with Crippen molar-refractivity contribution in [3.05, 3.63) is 29.8 Å². The number of aryl methyl sites for hydroxylation is 1. The highest BCUT2D eigenvalue weighted by Gasteiger charge is 2.24. The van der Waals surface area contributed by atoms with Gasteiger partial charge >= 0.3 is 0 Å². The van der Waals surface area contributed by atoms with Crippen LogP contribution in [0.3, 0.4) is 0 Å². The Morgan fingerprint density at radius 3 is 2.38 bits per heavy atom. The van der Waals surface area contributed by atoms with Crippen LogP contribution in [-0.2, 0) is 4.18 Å². The van der Waals surface area contributed by atoms with Gasteiger partial charge in [-0.1, -0.05) is 17.7 Å². The molecule has 0 heterocycles. The van der Waals surface area contributed by atoms with Crippen molar-refractivity contribution in [1.82, 2.24) is 0 Å². The number of benzene rings is 1. The maximum atomic E-state index is 9.52. The van der Waals surface area contributed by atoms with Gasteiger partial charge in [0.25, 0.3) is 0 Å². The first-order chi connectivity index (χ1) is 7.39. The lowest BCUT2D eigenvalue weighted by atomic mass is 10.0. The second-order valence-electron chi connectivity index (χ2n) is 4.35. The summed E-state index contributed by atoms with van der Waals surface area (Å²) in [4.78, 5) is 0.980. The van der Waals surface area contributed by atoms with Crippen LogP contribution in [-0.4, -0.2) is 28.5 Å². The summed E-state index contributed by atoms with van der Waals surface area (Å²) in [5.74, 6) is 0. The molecule has 2 N–H and O–H groups in total. The van der Waals surface area contributed by atoms with Crippen molar-refractivity contribution in [1.29, 1.82) is 0 Å². The average molecular weight is 242 g/mol. The molecule has 1 rings (SSSR count). The average Bonchev–Trinajstić information content (AvgIpc) is 2.19. The molecule has 0 aliphatic rings. The molecule has 0 fully saturated rings. The van der Waals surface area contributed by atoms with Gasteiger partial charge in [-0.2, -0.15) is 0 Å². The Bertz CT molecular complexity index is 316. The van der Waals surface area contributed by atoms with Crippen molar-refractivity contribution >= 4 is 12.0 Å². The zero-order valence-electron chi connectivity index (χ0n) is 9.80. The minimum absolute atomic E-state index is 0.0992. The first-order valence-corrected chi connectivity index (χ1v) is 5.90. The fourth-order valence-corrected chi connectivity index (χ4v) is 1.54. The molecule has 0 saturated carbocycles. The van der Waals surface area contributed by atoms with Crippen LogP contribution in [0.4, 0.5) is 0 Å². The van der Waals surface area contributed by atoms with Gasteiger partial charge in [0, 0.05) is 16.9 Å². The first kappa shape index (κ1) is 13.5. The van der Waals surface area contributed by atoms with Crippen molar-refractivity contribution in [2.45, 2.75) is 37.4 Å². The molecule has 3 nitrogen and oxygen atoms in total. The number of aliphatic hydroxyl groups is 2. The highest BCUT2D eigenvalue weighted by atomic mass is 32.2. The quantitative estimate of drug-likeness (QED) is 0.777. The molecular weight excluding hydrogens is 224 g/mol. The molecule has 1 aromatic rings. The molecule has 0 radical (unpaired) electrons. The molecule has 0 amide bonds. The lowest BCUT2D eigenvalue weighted by Gasteiger charge is -2.23. The molecule has 0 spiro atoms. The summed E-state index contributed by atoms with van der Waals surface area (Å²) in [5.41, 5.74) is 0.0641. The normalized spacial score (nSPS) is 13.8. The van der Waals surface area contributed by atoms with Crippen LogP contribution >= 0.6 is 12.0 Å². The minimum Gasteiger partial charge on any atom is -0.388 e. The van der Waals surface area contributed by atoms with E-state index in [2.05, 4.69) is 0 Å². The Morgan fingerprint density at radius 1 is 1.31 bits per heavy atom. The van der Waals surface area contributed by atoms with Gasteiger partial charge in [0.1, 0.15) is 6.10 Å². The summed E-state index contributed by atoms with van der Waals surface area (Å²) in [5, 5.41) is 19.0. The molecule has 0 aromatic heterocycles. The van der Waals surface area contributed by atoms with Crippen molar-refractivity contribution in [2.24, 2.45) is 0 Å². The van der Waals surface area contributed by atoms with E-state index in [1.54, 1.807) is 13.8 Å². The van der Waals surface area contributed by atoms with Gasteiger partial charge in [-0.05, 0) is 32.9 Å². The molecule has 1 aromatic carbocycles. The Hall–Kier alpha value is -0.550. The predicted molar refractivity (Wildman–Crippen MR) is 65.3 cm³/mol. The molecule has 0 aliphatic heterocycles. The minimum atomic E-state index is -1.13. The van der Waals surface area contributed by atoms with Crippen molar-refractivity contribution < 1.29 is 14.4 Å². The highest BCUT2D eigenvalue weighted by molar-refractivity contribution is 7.94. The zero-order chi connectivity index (χ0) is 12.2. The molecule has 90 valence electrons. The fourth-order valence-electron chi connectivity index (χ4n) is 0.964. The Morgan fingerprint density at radius 2 is 1.88 bits per heavy atom. The molecule has 0 bridgehead atoms. The first-order valence-electron chi connectivity index (χ1n) is 5.16. The van der Waals surface area contributed by atoms with Gasteiger partial charge in [-0.25, -0.2) is 0 Å². The Labute approximate surface area is 101 Å². The van der Waals surface area contributed by atoms with E-state index in [0.29, 0.717) is 0 Å². The summed E-state index contributed by atoms with van der Waals surface area (Å²) in [7, 11) is 0. The third kappa shape index (κ3) is 4.53. The van der Waals surface area contributed by atoms with Crippen LogP contribution in [0.2, 0.25) is 0 Å². The summed E-state index contributed by atoms with van der Waals surface area (Å²) >= 11 is 1.20. The second-order valence-corrected chi connectivity index (χ2v) is 5.22. The third-order valence-electron chi connectivity index (χ3n) is 2.22. The standard InChI is InChI=1S/C12H18O3S/c1-9-4-6-10(7-5-9)16-15-8-11(13)12(2,3)14/h4-7,11,13-14H,8H2,1-3H3. The fraction of sp³-hybridized carbons (Fsp3) is 0.500. The monoisotopic (exact) mass is 242 g/mol. The van der Waals surface area contributed by atoms with Gasteiger partial charge in [0.05, 0.1) is 12.2 Å². The van der Waals surface area contributed by atoms with Gasteiger partial charge in [0.2, 0.25) is 0 Å². The van der Waals surface area contributed by atoms with E-state index >= 15 is 0 Å². The molecule has 1 atom stereocenters. The maximum Gasteiger partial charge on any atom is 0.107 e. The van der Waals surface area contributed by atoms with E-state index in [1.165, 1.54) is 17.6 Å². The molecule has 16 heavy (non-hydrogen) atoms. The SMILES string of the molecule is Cc1ccc(SOCC(O)C(C)(C)O)cc1. The largest absolute Gasteiger partial charge is 0.388 e. The van der Waals surface area contributed by atoms with Crippen molar-refractivity contribution in [3.63, 3.8) is 0 Å². The summed E-state index contributed by atoms with van der Waals surface area (Å²) in [6.07, 6.45) is -0.884. The highest BCUT2D eigenvalue weighted by Crippen LogP contribution is 2.20. The number of rotatable bonds is 5. The maximum absolute atomic E-state index is 9.52. The van der Waals surface area contributed by atoms with E-state index in [9.17, 15) is 10.2 Å². The molecule has 1 unspecified atom stereocenters. The van der Waals surface area contributed by atoms with Crippen molar-refractivity contribution in [3.8, 4) is 0 Å². The third-order valence-corrected chi connectivity index (χ3v) is 2.94. The van der Waals surface area contributed by atoms with Crippen LogP contribution < -0.4 is 0 Å². The number of hydrogen-bond acceptors (Lipinski definition) is 4. The lowest BCUT2D eigenvalue weighted by Crippen LogP contribution is -2.38. The zero-order valence-corrected chi connectivity index (χ0v) is 10.6. The summed E-state index contributed by atoms with van der Waals surface area (Å²) in [6, 6.07) is 7.91. The van der Waals surface area contributed by atoms with Gasteiger partial charge in [-0.3, -0.25) is 0 Å². The summed E-state index contributed by atoms with van der Waals surface area (Å²) < 4.78 is 5.25. The predicted octanol–water partition coefficient (Wildman–Crippen LogP) is 2.15. The lowest BCUT2D eigenvalue weighted by molar-refractivity contribution is -0.0635. The van der Waals surface area contributed by atoms with Crippen LogP contribution in [0.1, 0.15) is 19.4 Å². The van der Waals surface area contributed by atoms with Crippen LogP contribution in [0.25, 0.3) is 0 Å². The van der Waals surface area contributed by atoms with E-state index in [4.69, 9.17) is 4.18 Å². The molecule has 0 saturated heterocycles. The van der Waals surface area contributed by atoms with E-state index in [1.807, 2.05) is 31.2 Å². The Kier molecular flexibility index (Phi) is 4.80.